The molecule has 90 valence electrons. The largest absolute Gasteiger partial charge is 0.361 e. The summed E-state index contributed by atoms with van der Waals surface area (Å²) in [6, 6.07) is 1.40. The van der Waals surface area contributed by atoms with Crippen LogP contribution in [-0.2, 0) is 11.3 Å². The number of nitrogens with zero attached hydrogens (tertiary/aromatic N) is 2. The summed E-state index contributed by atoms with van der Waals surface area (Å²) in [5, 5.41) is 3.83. The summed E-state index contributed by atoms with van der Waals surface area (Å²) in [6.45, 7) is 4.27. The summed E-state index contributed by atoms with van der Waals surface area (Å²) in [7, 11) is 1.72. The van der Waals surface area contributed by atoms with Crippen molar-refractivity contribution in [3.63, 3.8) is 0 Å². The SMILES string of the molecule is CCC[C@@H](N)C(=O)N(C)Cc1cc(C)on1. The Kier molecular flexibility index (Phi) is 4.49. The van der Waals surface area contributed by atoms with Gasteiger partial charge in [0, 0.05) is 13.1 Å². The fourth-order valence-electron chi connectivity index (χ4n) is 1.53. The van der Waals surface area contributed by atoms with E-state index in [9.17, 15) is 4.79 Å². The molecule has 5 heteroatoms. The van der Waals surface area contributed by atoms with E-state index in [1.165, 1.54) is 0 Å². The number of amides is 1. The van der Waals surface area contributed by atoms with Crippen LogP contribution < -0.4 is 5.73 Å². The number of aromatic nitrogens is 1. The van der Waals surface area contributed by atoms with Gasteiger partial charge in [0.1, 0.15) is 11.5 Å². The second-order valence-corrected chi connectivity index (χ2v) is 4.02. The number of aryl methyl sites for hydroxylation is 1. The van der Waals surface area contributed by atoms with Gasteiger partial charge in [-0.15, -0.1) is 0 Å². The Morgan fingerprint density at radius 2 is 2.38 bits per heavy atom. The summed E-state index contributed by atoms with van der Waals surface area (Å²) in [6.07, 6.45) is 1.62. The van der Waals surface area contributed by atoms with Crippen molar-refractivity contribution in [1.82, 2.24) is 10.1 Å². The highest BCUT2D eigenvalue weighted by atomic mass is 16.5. The van der Waals surface area contributed by atoms with E-state index < -0.39 is 6.04 Å². The van der Waals surface area contributed by atoms with Crippen LogP contribution in [0.2, 0.25) is 0 Å². The van der Waals surface area contributed by atoms with Gasteiger partial charge in [0.25, 0.3) is 0 Å². The molecule has 0 aromatic carbocycles. The number of hydrogen-bond acceptors (Lipinski definition) is 4. The van der Waals surface area contributed by atoms with Crippen LogP contribution in [0.4, 0.5) is 0 Å². The Labute approximate surface area is 95.6 Å². The molecule has 5 nitrogen and oxygen atoms in total. The van der Waals surface area contributed by atoms with Crippen LogP contribution in [0.15, 0.2) is 10.6 Å². The molecule has 0 aliphatic rings. The van der Waals surface area contributed by atoms with Crippen LogP contribution in [0.25, 0.3) is 0 Å². The molecule has 0 bridgehead atoms. The van der Waals surface area contributed by atoms with Gasteiger partial charge in [-0.1, -0.05) is 18.5 Å². The van der Waals surface area contributed by atoms with Crippen molar-refractivity contribution in [2.75, 3.05) is 7.05 Å². The highest BCUT2D eigenvalue weighted by molar-refractivity contribution is 5.81. The molecule has 1 rings (SSSR count). The average molecular weight is 225 g/mol. The van der Waals surface area contributed by atoms with Crippen molar-refractivity contribution in [2.45, 2.75) is 39.3 Å². The third kappa shape index (κ3) is 3.34. The molecule has 0 saturated heterocycles. The Balaban J connectivity index is 2.51. The van der Waals surface area contributed by atoms with Gasteiger partial charge in [-0.25, -0.2) is 0 Å². The lowest BCUT2D eigenvalue weighted by molar-refractivity contribution is -0.132. The van der Waals surface area contributed by atoms with Crippen LogP contribution in [-0.4, -0.2) is 29.1 Å². The molecule has 0 spiro atoms. The summed E-state index contributed by atoms with van der Waals surface area (Å²) < 4.78 is 4.93. The molecule has 0 fully saturated rings. The molecule has 16 heavy (non-hydrogen) atoms. The number of carbonyl (C=O) groups excluding carboxylic acids is 1. The minimum absolute atomic E-state index is 0.0532. The van der Waals surface area contributed by atoms with E-state index in [-0.39, 0.29) is 5.91 Å². The molecular formula is C11H19N3O2. The molecular weight excluding hydrogens is 206 g/mol. The third-order valence-electron chi connectivity index (χ3n) is 2.37. The molecule has 1 atom stereocenters. The van der Waals surface area contributed by atoms with Gasteiger partial charge < -0.3 is 15.2 Å². The molecule has 0 unspecified atom stereocenters. The second-order valence-electron chi connectivity index (χ2n) is 4.02. The monoisotopic (exact) mass is 225 g/mol. The molecule has 1 heterocycles. The number of rotatable bonds is 5. The lowest BCUT2D eigenvalue weighted by Gasteiger charge is -2.19. The molecule has 1 aromatic heterocycles. The van der Waals surface area contributed by atoms with Crippen LogP contribution in [0, 0.1) is 6.92 Å². The first-order chi connectivity index (χ1) is 7.54. The summed E-state index contributed by atoms with van der Waals surface area (Å²) in [5.74, 6) is 0.691. The zero-order chi connectivity index (χ0) is 12.1. The van der Waals surface area contributed by atoms with Gasteiger partial charge in [0.2, 0.25) is 5.91 Å². The number of likely N-dealkylation sites (N-methyl/N-ethyl adjacent to an activating group) is 1. The smallest absolute Gasteiger partial charge is 0.239 e. The summed E-state index contributed by atoms with van der Waals surface area (Å²) >= 11 is 0. The molecule has 0 saturated carbocycles. The zero-order valence-electron chi connectivity index (χ0n) is 10.1. The van der Waals surface area contributed by atoms with Crippen molar-refractivity contribution >= 4 is 5.91 Å². The summed E-state index contributed by atoms with van der Waals surface area (Å²) in [4.78, 5) is 13.4. The fourth-order valence-corrected chi connectivity index (χ4v) is 1.53. The molecule has 0 radical (unpaired) electrons. The lowest BCUT2D eigenvalue weighted by atomic mass is 10.1. The predicted molar refractivity (Wildman–Crippen MR) is 60.6 cm³/mol. The molecule has 0 aliphatic carbocycles. The van der Waals surface area contributed by atoms with E-state index in [2.05, 4.69) is 5.16 Å². The van der Waals surface area contributed by atoms with Gasteiger partial charge >= 0.3 is 0 Å². The Morgan fingerprint density at radius 3 is 2.88 bits per heavy atom. The zero-order valence-corrected chi connectivity index (χ0v) is 10.1. The van der Waals surface area contributed by atoms with Crippen molar-refractivity contribution in [3.8, 4) is 0 Å². The van der Waals surface area contributed by atoms with Crippen LogP contribution in [0.5, 0.6) is 0 Å². The molecule has 1 aromatic rings. The van der Waals surface area contributed by atoms with Gasteiger partial charge in [-0.2, -0.15) is 0 Å². The van der Waals surface area contributed by atoms with Crippen LogP contribution in [0.3, 0.4) is 0 Å². The van der Waals surface area contributed by atoms with Crippen LogP contribution in [0.1, 0.15) is 31.2 Å². The van der Waals surface area contributed by atoms with E-state index in [0.717, 1.165) is 17.9 Å². The lowest BCUT2D eigenvalue weighted by Crippen LogP contribution is -2.41. The molecule has 0 aliphatic heterocycles. The van der Waals surface area contributed by atoms with E-state index in [1.54, 1.807) is 11.9 Å². The Morgan fingerprint density at radius 1 is 1.69 bits per heavy atom. The maximum absolute atomic E-state index is 11.8. The molecule has 1 amide bonds. The van der Waals surface area contributed by atoms with Crippen molar-refractivity contribution in [2.24, 2.45) is 5.73 Å². The molecule has 2 N–H and O–H groups in total. The van der Waals surface area contributed by atoms with Gasteiger partial charge in [-0.3, -0.25) is 4.79 Å². The van der Waals surface area contributed by atoms with Crippen molar-refractivity contribution in [1.29, 1.82) is 0 Å². The second kappa shape index (κ2) is 5.65. The van der Waals surface area contributed by atoms with E-state index >= 15 is 0 Å². The fraction of sp³-hybridized carbons (Fsp3) is 0.636. The van der Waals surface area contributed by atoms with E-state index in [4.69, 9.17) is 10.3 Å². The first kappa shape index (κ1) is 12.7. The summed E-state index contributed by atoms with van der Waals surface area (Å²) in [5.41, 5.74) is 6.50. The van der Waals surface area contributed by atoms with Crippen molar-refractivity contribution in [3.05, 3.63) is 17.5 Å². The van der Waals surface area contributed by atoms with E-state index in [1.807, 2.05) is 19.9 Å². The minimum Gasteiger partial charge on any atom is -0.361 e. The Bertz CT molecular complexity index is 349. The van der Waals surface area contributed by atoms with E-state index in [0.29, 0.717) is 13.0 Å². The highest BCUT2D eigenvalue weighted by Gasteiger charge is 2.18. The number of nitrogens with two attached hydrogens (primary N) is 1. The minimum atomic E-state index is -0.414. The first-order valence-electron chi connectivity index (χ1n) is 5.47. The standard InChI is InChI=1S/C11H19N3O2/c1-4-5-10(12)11(15)14(3)7-9-6-8(2)16-13-9/h6,10H,4-5,7,12H2,1-3H3/t10-/m1/s1. The van der Waals surface area contributed by atoms with Gasteiger partial charge in [0.05, 0.1) is 12.6 Å². The maximum atomic E-state index is 11.8. The Hall–Kier alpha value is -1.36. The predicted octanol–water partition coefficient (Wildman–Crippen LogP) is 1.07. The highest BCUT2D eigenvalue weighted by Crippen LogP contribution is 2.06. The maximum Gasteiger partial charge on any atom is 0.239 e. The number of hydrogen-bond donors (Lipinski definition) is 1. The van der Waals surface area contributed by atoms with Gasteiger partial charge in [0.15, 0.2) is 0 Å². The van der Waals surface area contributed by atoms with Crippen LogP contribution >= 0.6 is 0 Å². The normalized spacial score (nSPS) is 12.5. The number of carbonyl (C=O) groups is 1. The third-order valence-corrected chi connectivity index (χ3v) is 2.37. The quantitative estimate of drug-likeness (QED) is 0.813. The first-order valence-corrected chi connectivity index (χ1v) is 5.47. The van der Waals surface area contributed by atoms with Gasteiger partial charge in [-0.05, 0) is 13.3 Å². The average Bonchev–Trinajstić information content (AvgIpc) is 2.63. The topological polar surface area (TPSA) is 72.4 Å². The van der Waals surface area contributed by atoms with Crippen molar-refractivity contribution < 1.29 is 9.32 Å².